The van der Waals surface area contributed by atoms with Crippen LogP contribution in [0.25, 0.3) is 0 Å². The Balaban J connectivity index is 3.83. The van der Waals surface area contributed by atoms with Crippen LogP contribution in [0.5, 0.6) is 0 Å². The van der Waals surface area contributed by atoms with Crippen molar-refractivity contribution in [1.29, 1.82) is 0 Å². The van der Waals surface area contributed by atoms with Crippen LogP contribution in [-0.2, 0) is 9.47 Å². The highest BCUT2D eigenvalue weighted by molar-refractivity contribution is 4.74. The Bertz CT molecular complexity index is 160. The summed E-state index contributed by atoms with van der Waals surface area (Å²) >= 11 is 0. The molecule has 1 atom stereocenters. The molecule has 0 aliphatic rings. The lowest BCUT2D eigenvalue weighted by Crippen LogP contribution is -2.33. The van der Waals surface area contributed by atoms with Gasteiger partial charge in [-0.2, -0.15) is 0 Å². The standard InChI is InChI=1S/C13H29NO2/c1-6-14-12(9-11-16-7-2)8-10-13(3,4)15-5/h12,14H,6-11H2,1-5H3. The minimum Gasteiger partial charge on any atom is -0.382 e. The molecule has 0 saturated carbocycles. The third-order valence-electron chi connectivity index (χ3n) is 2.96. The van der Waals surface area contributed by atoms with Gasteiger partial charge in [-0.15, -0.1) is 0 Å². The van der Waals surface area contributed by atoms with Crippen molar-refractivity contribution in [1.82, 2.24) is 5.32 Å². The summed E-state index contributed by atoms with van der Waals surface area (Å²) in [4.78, 5) is 0. The average molecular weight is 231 g/mol. The van der Waals surface area contributed by atoms with Gasteiger partial charge in [0.1, 0.15) is 0 Å². The van der Waals surface area contributed by atoms with Crippen LogP contribution in [0.15, 0.2) is 0 Å². The number of methoxy groups -OCH3 is 1. The molecule has 0 rings (SSSR count). The van der Waals surface area contributed by atoms with E-state index in [9.17, 15) is 0 Å². The van der Waals surface area contributed by atoms with Gasteiger partial charge in [0, 0.05) is 26.4 Å². The van der Waals surface area contributed by atoms with Gasteiger partial charge in [-0.3, -0.25) is 0 Å². The van der Waals surface area contributed by atoms with Crippen molar-refractivity contribution in [3.05, 3.63) is 0 Å². The number of hydrogen-bond donors (Lipinski definition) is 1. The summed E-state index contributed by atoms with van der Waals surface area (Å²) in [5, 5.41) is 3.50. The molecule has 0 radical (unpaired) electrons. The summed E-state index contributed by atoms with van der Waals surface area (Å²) in [5.41, 5.74) is -0.0146. The second-order valence-corrected chi connectivity index (χ2v) is 4.74. The van der Waals surface area contributed by atoms with Crippen molar-refractivity contribution in [2.75, 3.05) is 26.9 Å². The van der Waals surface area contributed by atoms with Gasteiger partial charge in [-0.05, 0) is 46.6 Å². The molecule has 1 unspecified atom stereocenters. The van der Waals surface area contributed by atoms with Gasteiger partial charge in [-0.25, -0.2) is 0 Å². The van der Waals surface area contributed by atoms with Crippen molar-refractivity contribution in [2.24, 2.45) is 0 Å². The Morgan fingerprint density at radius 3 is 2.38 bits per heavy atom. The normalized spacial score (nSPS) is 14.1. The molecule has 3 nitrogen and oxygen atoms in total. The molecular weight excluding hydrogens is 202 g/mol. The molecule has 0 aromatic heterocycles. The molecule has 0 aromatic carbocycles. The van der Waals surface area contributed by atoms with Crippen LogP contribution >= 0.6 is 0 Å². The zero-order chi connectivity index (χ0) is 12.4. The summed E-state index contributed by atoms with van der Waals surface area (Å²) < 4.78 is 10.8. The quantitative estimate of drug-likeness (QED) is 0.586. The molecular formula is C13H29NO2. The summed E-state index contributed by atoms with van der Waals surface area (Å²) in [6.45, 7) is 11.1. The number of nitrogens with one attached hydrogen (secondary N) is 1. The van der Waals surface area contributed by atoms with E-state index < -0.39 is 0 Å². The van der Waals surface area contributed by atoms with E-state index in [1.807, 2.05) is 6.92 Å². The maximum Gasteiger partial charge on any atom is 0.0623 e. The van der Waals surface area contributed by atoms with Crippen LogP contribution in [-0.4, -0.2) is 38.5 Å². The minimum atomic E-state index is -0.0146. The lowest BCUT2D eigenvalue weighted by molar-refractivity contribution is 0.0107. The number of hydrogen-bond acceptors (Lipinski definition) is 3. The Hall–Kier alpha value is -0.120. The molecule has 0 fully saturated rings. The van der Waals surface area contributed by atoms with E-state index in [1.54, 1.807) is 7.11 Å². The van der Waals surface area contributed by atoms with E-state index in [0.29, 0.717) is 6.04 Å². The van der Waals surface area contributed by atoms with Gasteiger partial charge >= 0.3 is 0 Å². The van der Waals surface area contributed by atoms with Gasteiger partial charge in [-0.1, -0.05) is 6.92 Å². The second kappa shape index (κ2) is 8.97. The molecule has 0 heterocycles. The average Bonchev–Trinajstić information content (AvgIpc) is 2.26. The highest BCUT2D eigenvalue weighted by Crippen LogP contribution is 2.17. The van der Waals surface area contributed by atoms with E-state index in [0.717, 1.165) is 39.0 Å². The van der Waals surface area contributed by atoms with E-state index in [2.05, 4.69) is 26.1 Å². The maximum absolute atomic E-state index is 5.43. The first-order valence-electron chi connectivity index (χ1n) is 6.42. The summed E-state index contributed by atoms with van der Waals surface area (Å²) in [7, 11) is 1.78. The van der Waals surface area contributed by atoms with Crippen LogP contribution in [0.3, 0.4) is 0 Å². The van der Waals surface area contributed by atoms with E-state index in [4.69, 9.17) is 9.47 Å². The first-order chi connectivity index (χ1) is 7.55. The molecule has 1 N–H and O–H groups in total. The lowest BCUT2D eigenvalue weighted by atomic mass is 9.97. The number of ether oxygens (including phenoxy) is 2. The first kappa shape index (κ1) is 15.9. The third kappa shape index (κ3) is 8.08. The highest BCUT2D eigenvalue weighted by atomic mass is 16.5. The molecule has 0 spiro atoms. The zero-order valence-corrected chi connectivity index (χ0v) is 11.6. The molecule has 0 bridgehead atoms. The largest absolute Gasteiger partial charge is 0.382 e. The zero-order valence-electron chi connectivity index (χ0n) is 11.6. The Kier molecular flexibility index (Phi) is 8.90. The van der Waals surface area contributed by atoms with Crippen molar-refractivity contribution in [2.45, 2.75) is 58.6 Å². The highest BCUT2D eigenvalue weighted by Gasteiger charge is 2.18. The van der Waals surface area contributed by atoms with Crippen LogP contribution in [0.1, 0.15) is 47.0 Å². The van der Waals surface area contributed by atoms with Crippen LogP contribution < -0.4 is 5.32 Å². The van der Waals surface area contributed by atoms with Crippen LogP contribution in [0, 0.1) is 0 Å². The molecule has 0 aliphatic heterocycles. The molecule has 0 amide bonds. The fourth-order valence-electron chi connectivity index (χ4n) is 1.63. The van der Waals surface area contributed by atoms with Crippen LogP contribution in [0.4, 0.5) is 0 Å². The van der Waals surface area contributed by atoms with Crippen molar-refractivity contribution in [3.8, 4) is 0 Å². The predicted octanol–water partition coefficient (Wildman–Crippen LogP) is 2.60. The van der Waals surface area contributed by atoms with Gasteiger partial charge < -0.3 is 14.8 Å². The first-order valence-corrected chi connectivity index (χ1v) is 6.42. The van der Waals surface area contributed by atoms with Crippen molar-refractivity contribution in [3.63, 3.8) is 0 Å². The lowest BCUT2D eigenvalue weighted by Gasteiger charge is -2.26. The topological polar surface area (TPSA) is 30.5 Å². The van der Waals surface area contributed by atoms with E-state index >= 15 is 0 Å². The summed E-state index contributed by atoms with van der Waals surface area (Å²) in [6, 6.07) is 0.547. The molecule has 98 valence electrons. The summed E-state index contributed by atoms with van der Waals surface area (Å²) in [6.07, 6.45) is 3.30. The Morgan fingerprint density at radius 2 is 1.88 bits per heavy atom. The molecule has 16 heavy (non-hydrogen) atoms. The van der Waals surface area contributed by atoms with Crippen molar-refractivity contribution < 1.29 is 9.47 Å². The smallest absolute Gasteiger partial charge is 0.0623 e. The fraction of sp³-hybridized carbons (Fsp3) is 1.00. The van der Waals surface area contributed by atoms with Gasteiger partial charge in [0.05, 0.1) is 5.60 Å². The van der Waals surface area contributed by atoms with Crippen LogP contribution in [0.2, 0.25) is 0 Å². The van der Waals surface area contributed by atoms with Gasteiger partial charge in [0.15, 0.2) is 0 Å². The molecule has 0 aromatic rings. The van der Waals surface area contributed by atoms with Gasteiger partial charge in [0.2, 0.25) is 0 Å². The summed E-state index contributed by atoms with van der Waals surface area (Å²) in [5.74, 6) is 0. The van der Waals surface area contributed by atoms with E-state index in [1.165, 1.54) is 0 Å². The van der Waals surface area contributed by atoms with Gasteiger partial charge in [0.25, 0.3) is 0 Å². The SMILES string of the molecule is CCNC(CCOCC)CCC(C)(C)OC. The van der Waals surface area contributed by atoms with E-state index in [-0.39, 0.29) is 5.60 Å². The number of rotatable bonds is 10. The predicted molar refractivity (Wildman–Crippen MR) is 68.9 cm³/mol. The molecule has 0 saturated heterocycles. The minimum absolute atomic E-state index is 0.0146. The molecule has 3 heteroatoms. The molecule has 0 aliphatic carbocycles. The van der Waals surface area contributed by atoms with Crippen molar-refractivity contribution >= 4 is 0 Å². The maximum atomic E-state index is 5.43. The second-order valence-electron chi connectivity index (χ2n) is 4.74. The Labute approximate surface area is 101 Å². The monoisotopic (exact) mass is 231 g/mol. The third-order valence-corrected chi connectivity index (χ3v) is 2.96. The fourth-order valence-corrected chi connectivity index (χ4v) is 1.63. The Morgan fingerprint density at radius 1 is 1.19 bits per heavy atom.